The monoisotopic (exact) mass is 252 g/mol. The molecule has 1 fully saturated rings. The zero-order valence-corrected chi connectivity index (χ0v) is 11.2. The van der Waals surface area contributed by atoms with Crippen LogP contribution in [0, 0.1) is 6.92 Å². The highest BCUT2D eigenvalue weighted by Gasteiger charge is 2.19. The van der Waals surface area contributed by atoms with Gasteiger partial charge < -0.3 is 4.74 Å². The van der Waals surface area contributed by atoms with E-state index in [9.17, 15) is 4.21 Å². The molecule has 0 aromatic heterocycles. The molecule has 0 saturated carbocycles. The second-order valence-corrected chi connectivity index (χ2v) is 6.47. The first-order chi connectivity index (χ1) is 8.25. The lowest BCUT2D eigenvalue weighted by Gasteiger charge is -2.21. The van der Waals surface area contributed by atoms with E-state index in [0.717, 1.165) is 38.2 Å². The van der Waals surface area contributed by atoms with E-state index in [-0.39, 0.29) is 0 Å². The Morgan fingerprint density at radius 2 is 1.88 bits per heavy atom. The SMILES string of the molecule is Cc1ccc(CC[S@](=O)C2CCOCC2)cc1. The van der Waals surface area contributed by atoms with E-state index in [2.05, 4.69) is 31.2 Å². The van der Waals surface area contributed by atoms with Gasteiger partial charge in [0, 0.05) is 35.0 Å². The summed E-state index contributed by atoms with van der Waals surface area (Å²) in [6, 6.07) is 8.51. The maximum absolute atomic E-state index is 12.1. The molecule has 0 unspecified atom stereocenters. The molecule has 94 valence electrons. The lowest BCUT2D eigenvalue weighted by molar-refractivity contribution is 0.0992. The van der Waals surface area contributed by atoms with Crippen LogP contribution in [0.4, 0.5) is 0 Å². The van der Waals surface area contributed by atoms with Crippen LogP contribution in [0.2, 0.25) is 0 Å². The molecule has 1 heterocycles. The molecule has 0 spiro atoms. The van der Waals surface area contributed by atoms with E-state index in [1.807, 2.05) is 0 Å². The summed E-state index contributed by atoms with van der Waals surface area (Å²) in [4.78, 5) is 0. The number of aryl methyl sites for hydroxylation is 2. The van der Waals surface area contributed by atoms with Gasteiger partial charge in [-0.15, -0.1) is 0 Å². The Morgan fingerprint density at radius 1 is 1.24 bits per heavy atom. The van der Waals surface area contributed by atoms with Crippen molar-refractivity contribution in [1.29, 1.82) is 0 Å². The van der Waals surface area contributed by atoms with Crippen molar-refractivity contribution >= 4 is 10.8 Å². The van der Waals surface area contributed by atoms with Gasteiger partial charge >= 0.3 is 0 Å². The van der Waals surface area contributed by atoms with Crippen molar-refractivity contribution in [3.05, 3.63) is 35.4 Å². The molecule has 0 N–H and O–H groups in total. The molecule has 3 heteroatoms. The molecule has 1 aromatic rings. The molecule has 0 aliphatic carbocycles. The van der Waals surface area contributed by atoms with Crippen LogP contribution in [0.15, 0.2) is 24.3 Å². The second-order valence-electron chi connectivity index (χ2n) is 4.63. The summed E-state index contributed by atoms with van der Waals surface area (Å²) < 4.78 is 17.4. The minimum atomic E-state index is -0.692. The Morgan fingerprint density at radius 3 is 2.53 bits per heavy atom. The Kier molecular flexibility index (Phi) is 4.75. The van der Waals surface area contributed by atoms with Gasteiger partial charge in [-0.05, 0) is 31.7 Å². The topological polar surface area (TPSA) is 26.3 Å². The second kappa shape index (κ2) is 6.31. The maximum Gasteiger partial charge on any atom is 0.0477 e. The zero-order valence-electron chi connectivity index (χ0n) is 10.4. The zero-order chi connectivity index (χ0) is 12.1. The van der Waals surface area contributed by atoms with Crippen molar-refractivity contribution in [1.82, 2.24) is 0 Å². The molecule has 1 saturated heterocycles. The van der Waals surface area contributed by atoms with Gasteiger partial charge in [0.05, 0.1) is 0 Å². The predicted octanol–water partition coefficient (Wildman–Crippen LogP) is 2.47. The van der Waals surface area contributed by atoms with Crippen molar-refractivity contribution < 1.29 is 8.95 Å². The van der Waals surface area contributed by atoms with Crippen LogP contribution in [-0.4, -0.2) is 28.4 Å². The van der Waals surface area contributed by atoms with Gasteiger partial charge in [0.1, 0.15) is 0 Å². The van der Waals surface area contributed by atoms with E-state index < -0.39 is 10.8 Å². The van der Waals surface area contributed by atoms with Crippen molar-refractivity contribution in [2.24, 2.45) is 0 Å². The largest absolute Gasteiger partial charge is 0.381 e. The Labute approximate surface area is 106 Å². The van der Waals surface area contributed by atoms with Crippen LogP contribution in [0.25, 0.3) is 0 Å². The Balaban J connectivity index is 1.81. The lowest BCUT2D eigenvalue weighted by Crippen LogP contribution is -2.26. The van der Waals surface area contributed by atoms with E-state index in [1.165, 1.54) is 11.1 Å². The van der Waals surface area contributed by atoms with Crippen LogP contribution >= 0.6 is 0 Å². The van der Waals surface area contributed by atoms with Crippen molar-refractivity contribution in [3.63, 3.8) is 0 Å². The lowest BCUT2D eigenvalue weighted by atomic mass is 10.1. The molecule has 1 aliphatic rings. The summed E-state index contributed by atoms with van der Waals surface area (Å²) in [7, 11) is -0.692. The van der Waals surface area contributed by atoms with Crippen LogP contribution in [0.1, 0.15) is 24.0 Å². The third-order valence-corrected chi connectivity index (χ3v) is 5.07. The van der Waals surface area contributed by atoms with E-state index in [1.54, 1.807) is 0 Å². The van der Waals surface area contributed by atoms with Crippen LogP contribution in [-0.2, 0) is 22.0 Å². The minimum Gasteiger partial charge on any atom is -0.381 e. The van der Waals surface area contributed by atoms with Crippen LogP contribution in [0.5, 0.6) is 0 Å². The van der Waals surface area contributed by atoms with Gasteiger partial charge in [0.15, 0.2) is 0 Å². The summed E-state index contributed by atoms with van der Waals surface area (Å²) >= 11 is 0. The fraction of sp³-hybridized carbons (Fsp3) is 0.571. The smallest absolute Gasteiger partial charge is 0.0477 e. The summed E-state index contributed by atoms with van der Waals surface area (Å²) in [5.41, 5.74) is 2.57. The molecule has 1 atom stereocenters. The average molecular weight is 252 g/mol. The molecule has 2 nitrogen and oxygen atoms in total. The number of ether oxygens (including phenoxy) is 1. The molecule has 0 bridgehead atoms. The standard InChI is InChI=1S/C14H20O2S/c1-12-2-4-13(5-3-12)8-11-17(15)14-6-9-16-10-7-14/h2-5,14H,6-11H2,1H3/t17-/m0/s1. The first-order valence-corrected chi connectivity index (χ1v) is 7.64. The van der Waals surface area contributed by atoms with Crippen molar-refractivity contribution in [2.45, 2.75) is 31.4 Å². The number of benzene rings is 1. The molecule has 17 heavy (non-hydrogen) atoms. The van der Waals surface area contributed by atoms with E-state index in [4.69, 9.17) is 4.74 Å². The fourth-order valence-corrected chi connectivity index (χ4v) is 3.57. The summed E-state index contributed by atoms with van der Waals surface area (Å²) in [6.45, 7) is 3.64. The first-order valence-electron chi connectivity index (χ1n) is 6.26. The van der Waals surface area contributed by atoms with Crippen molar-refractivity contribution in [2.75, 3.05) is 19.0 Å². The highest BCUT2D eigenvalue weighted by atomic mass is 32.2. The van der Waals surface area contributed by atoms with Gasteiger partial charge in [-0.3, -0.25) is 4.21 Å². The maximum atomic E-state index is 12.1. The third kappa shape index (κ3) is 3.93. The normalized spacial score (nSPS) is 19.1. The van der Waals surface area contributed by atoms with Gasteiger partial charge in [-0.1, -0.05) is 29.8 Å². The minimum absolute atomic E-state index is 0.356. The molecular weight excluding hydrogens is 232 g/mol. The fourth-order valence-electron chi connectivity index (χ4n) is 2.08. The quantitative estimate of drug-likeness (QED) is 0.823. The molecule has 1 aliphatic heterocycles. The highest BCUT2D eigenvalue weighted by molar-refractivity contribution is 7.85. The van der Waals surface area contributed by atoms with Crippen molar-refractivity contribution in [3.8, 4) is 0 Å². The first kappa shape index (κ1) is 12.8. The van der Waals surface area contributed by atoms with Gasteiger partial charge in [0.2, 0.25) is 0 Å². The Bertz CT molecular complexity index is 366. The third-order valence-electron chi connectivity index (χ3n) is 3.25. The van der Waals surface area contributed by atoms with Gasteiger partial charge in [-0.25, -0.2) is 0 Å². The molecule has 1 aromatic carbocycles. The van der Waals surface area contributed by atoms with Crippen LogP contribution in [0.3, 0.4) is 0 Å². The predicted molar refractivity (Wildman–Crippen MR) is 71.7 cm³/mol. The van der Waals surface area contributed by atoms with Gasteiger partial charge in [-0.2, -0.15) is 0 Å². The number of rotatable bonds is 4. The molecule has 0 amide bonds. The Hall–Kier alpha value is -0.670. The number of hydrogen-bond donors (Lipinski definition) is 0. The highest BCUT2D eigenvalue weighted by Crippen LogP contribution is 2.14. The molecule has 0 radical (unpaired) electrons. The summed E-state index contributed by atoms with van der Waals surface area (Å²) in [5, 5.41) is 0.356. The van der Waals surface area contributed by atoms with Gasteiger partial charge in [0.25, 0.3) is 0 Å². The average Bonchev–Trinajstić information content (AvgIpc) is 2.39. The summed E-state index contributed by atoms with van der Waals surface area (Å²) in [6.07, 6.45) is 2.84. The molecular formula is C14H20O2S. The van der Waals surface area contributed by atoms with Crippen LogP contribution < -0.4 is 0 Å². The number of hydrogen-bond acceptors (Lipinski definition) is 2. The summed E-state index contributed by atoms with van der Waals surface area (Å²) in [5.74, 6) is 0.785. The van der Waals surface area contributed by atoms with E-state index in [0.29, 0.717) is 5.25 Å². The van der Waals surface area contributed by atoms with E-state index >= 15 is 0 Å². The molecule has 2 rings (SSSR count).